The average molecular weight is 738 g/mol. The van der Waals surface area contributed by atoms with Gasteiger partial charge in [-0.15, -0.1) is 11.3 Å². The van der Waals surface area contributed by atoms with Crippen LogP contribution in [0.4, 0.5) is 0 Å². The maximum atomic E-state index is 13.9. The first-order valence-electron chi connectivity index (χ1n) is 15.3. The maximum Gasteiger partial charge on any atom is 0.455 e. The quantitative estimate of drug-likeness (QED) is 0.113. The second kappa shape index (κ2) is 13.4. The molecular weight excluding hydrogens is 702 g/mol. The van der Waals surface area contributed by atoms with Crippen molar-refractivity contribution >= 4 is 64.5 Å². The van der Waals surface area contributed by atoms with Crippen molar-refractivity contribution in [2.45, 2.75) is 52.1 Å². The number of fused-ring (bicyclic) bond motifs is 3. The summed E-state index contributed by atoms with van der Waals surface area (Å²) in [5.41, 5.74) is 4.89. The van der Waals surface area contributed by atoms with Crippen LogP contribution < -0.4 is 4.74 Å². The molecule has 3 aromatic rings. The number of imide groups is 1. The molecule has 45 heavy (non-hydrogen) atoms. The lowest BCUT2D eigenvalue weighted by atomic mass is 9.57. The lowest BCUT2D eigenvalue weighted by molar-refractivity contribution is -0.140. The Labute approximate surface area is 281 Å². The van der Waals surface area contributed by atoms with Crippen LogP contribution in [-0.4, -0.2) is 52.2 Å². The number of amides is 2. The van der Waals surface area contributed by atoms with Crippen molar-refractivity contribution in [3.63, 3.8) is 0 Å². The Morgan fingerprint density at radius 3 is 2.73 bits per heavy atom. The summed E-state index contributed by atoms with van der Waals surface area (Å²) in [6.45, 7) is 4.56. The number of hydrogen-bond donors (Lipinski definition) is 2. The van der Waals surface area contributed by atoms with E-state index in [4.69, 9.17) is 9.39 Å². The van der Waals surface area contributed by atoms with E-state index in [0.29, 0.717) is 41.4 Å². The Balaban J connectivity index is 1.33. The van der Waals surface area contributed by atoms with Crippen molar-refractivity contribution in [2.75, 3.05) is 7.11 Å². The molecule has 1 aliphatic carbocycles. The number of phenols is 1. The van der Waals surface area contributed by atoms with Crippen molar-refractivity contribution in [2.24, 2.45) is 23.7 Å². The van der Waals surface area contributed by atoms with Gasteiger partial charge in [0.05, 0.1) is 40.9 Å². The van der Waals surface area contributed by atoms with Crippen molar-refractivity contribution in [3.8, 4) is 11.5 Å². The van der Waals surface area contributed by atoms with E-state index in [9.17, 15) is 19.7 Å². The summed E-state index contributed by atoms with van der Waals surface area (Å²) in [7, 11) is 0.495. The number of allylic oxidation sites excluding steroid dienone is 2. The van der Waals surface area contributed by atoms with Crippen molar-refractivity contribution in [3.05, 3.63) is 84.9 Å². The van der Waals surface area contributed by atoms with E-state index in [1.54, 1.807) is 23.6 Å². The number of likely N-dealkylation sites (tertiary alicyclic amines) is 1. The van der Waals surface area contributed by atoms with E-state index in [2.05, 4.69) is 41.4 Å². The SMILES string of the molecule is COc1cc(/C=C(/CC[C@H]2OB(O)C[C@H]3C2=C(C(C)C)C[C@H]2C(=O)N(Cc4cccs4)C(=O)[C@H]23)c2ccccn2)cc(I)c1O. The smallest absolute Gasteiger partial charge is 0.455 e. The Bertz CT molecular complexity index is 1640. The number of aromatic hydroxyl groups is 1. The molecule has 0 bridgehead atoms. The predicted octanol–water partition coefficient (Wildman–Crippen LogP) is 6.44. The first-order valence-corrected chi connectivity index (χ1v) is 17.2. The summed E-state index contributed by atoms with van der Waals surface area (Å²) >= 11 is 3.63. The number of carbonyl (C=O) groups excluding carboxylic acids is 2. The number of nitrogens with zero attached hydrogens (tertiary/aromatic N) is 2. The number of thiophene rings is 1. The molecule has 2 aliphatic heterocycles. The first-order chi connectivity index (χ1) is 21.7. The number of aromatic nitrogens is 1. The first kappa shape index (κ1) is 32.0. The standard InChI is InChI=1S/C34H36BIN2O6S/c1-19(2)23-16-24-31(34(41)38(33(24)40)18-22-7-6-12-45-22)25-17-35(42)44-28(30(23)25)10-9-21(27-8-4-5-11-37-27)13-20-14-26(36)32(39)29(15-20)43-3/h4-8,11-15,19,24-25,28,31,39,42H,9-10,16-18H2,1-3H3/b21-13-/t24-,25+,28-,31-/m1/s1. The molecule has 2 amide bonds. The minimum absolute atomic E-state index is 0.0999. The number of ether oxygens (including phenoxy) is 1. The molecule has 6 rings (SSSR count). The van der Waals surface area contributed by atoms with E-state index in [-0.39, 0.29) is 29.4 Å². The summed E-state index contributed by atoms with van der Waals surface area (Å²) in [6.07, 6.45) is 5.36. The molecule has 234 valence electrons. The van der Waals surface area contributed by atoms with E-state index in [1.165, 1.54) is 17.6 Å². The summed E-state index contributed by atoms with van der Waals surface area (Å²) < 4.78 is 12.3. The minimum atomic E-state index is -1.03. The topological polar surface area (TPSA) is 109 Å². The largest absolute Gasteiger partial charge is 0.504 e. The molecule has 2 N–H and O–H groups in total. The van der Waals surface area contributed by atoms with Gasteiger partial charge in [-0.05, 0) is 119 Å². The normalized spacial score (nSPS) is 23.6. The van der Waals surface area contributed by atoms with Crippen molar-refractivity contribution in [1.29, 1.82) is 0 Å². The highest BCUT2D eigenvalue weighted by Crippen LogP contribution is 2.52. The van der Waals surface area contributed by atoms with Gasteiger partial charge in [-0.1, -0.05) is 31.6 Å². The third-order valence-corrected chi connectivity index (χ3v) is 10.9. The lowest BCUT2D eigenvalue weighted by Gasteiger charge is -2.44. The van der Waals surface area contributed by atoms with Gasteiger partial charge < -0.3 is 19.5 Å². The van der Waals surface area contributed by atoms with E-state index in [1.807, 2.05) is 47.9 Å². The fourth-order valence-electron chi connectivity index (χ4n) is 7.18. The molecule has 8 nitrogen and oxygen atoms in total. The highest BCUT2D eigenvalue weighted by molar-refractivity contribution is 14.1. The average Bonchev–Trinajstić information content (AvgIpc) is 3.63. The molecule has 0 unspecified atom stereocenters. The number of hydrogen-bond acceptors (Lipinski definition) is 8. The molecule has 2 aromatic heterocycles. The van der Waals surface area contributed by atoms with Crippen molar-refractivity contribution in [1.82, 2.24) is 9.88 Å². The van der Waals surface area contributed by atoms with Gasteiger partial charge >= 0.3 is 7.12 Å². The Morgan fingerprint density at radius 2 is 2.04 bits per heavy atom. The van der Waals surface area contributed by atoms with Crippen LogP contribution in [0, 0.1) is 27.2 Å². The van der Waals surface area contributed by atoms with Gasteiger partial charge in [-0.2, -0.15) is 0 Å². The molecule has 2 fully saturated rings. The van der Waals surface area contributed by atoms with Crippen LogP contribution >= 0.6 is 33.9 Å². The predicted molar refractivity (Wildman–Crippen MR) is 183 cm³/mol. The van der Waals surface area contributed by atoms with Crippen LogP contribution in [0.2, 0.25) is 6.32 Å². The third kappa shape index (κ3) is 6.36. The number of benzene rings is 1. The summed E-state index contributed by atoms with van der Waals surface area (Å²) in [6, 6.07) is 13.3. The Morgan fingerprint density at radius 1 is 1.22 bits per heavy atom. The van der Waals surface area contributed by atoms with E-state index >= 15 is 0 Å². The van der Waals surface area contributed by atoms with Crippen LogP contribution in [0.15, 0.2) is 65.2 Å². The van der Waals surface area contributed by atoms with E-state index in [0.717, 1.165) is 27.3 Å². The van der Waals surface area contributed by atoms with Gasteiger partial charge in [0, 0.05) is 11.1 Å². The second-order valence-electron chi connectivity index (χ2n) is 12.2. The minimum Gasteiger partial charge on any atom is -0.504 e. The van der Waals surface area contributed by atoms with Gasteiger partial charge in [0.2, 0.25) is 11.8 Å². The molecule has 4 atom stereocenters. The maximum absolute atomic E-state index is 13.9. The fraction of sp³-hybridized carbons (Fsp3) is 0.382. The van der Waals surface area contributed by atoms with Gasteiger partial charge in [-0.25, -0.2) is 0 Å². The third-order valence-electron chi connectivity index (χ3n) is 9.21. The Kier molecular flexibility index (Phi) is 9.51. The summed E-state index contributed by atoms with van der Waals surface area (Å²) in [5, 5.41) is 23.3. The van der Waals surface area contributed by atoms with Crippen LogP contribution in [0.25, 0.3) is 11.6 Å². The molecule has 3 aliphatic rings. The number of methoxy groups -OCH3 is 1. The second-order valence-corrected chi connectivity index (χ2v) is 14.4. The highest BCUT2D eigenvalue weighted by atomic mass is 127. The molecular formula is C34H36BIN2O6S. The fourth-order valence-corrected chi connectivity index (χ4v) is 8.49. The zero-order valence-electron chi connectivity index (χ0n) is 25.5. The molecule has 11 heteroatoms. The summed E-state index contributed by atoms with van der Waals surface area (Å²) in [5.74, 6) is -0.750. The zero-order chi connectivity index (χ0) is 31.8. The number of halogens is 1. The summed E-state index contributed by atoms with van der Waals surface area (Å²) in [4.78, 5) is 34.6. The van der Waals surface area contributed by atoms with Gasteiger partial charge in [0.15, 0.2) is 11.5 Å². The van der Waals surface area contributed by atoms with E-state index < -0.39 is 25.1 Å². The monoisotopic (exact) mass is 738 g/mol. The van der Waals surface area contributed by atoms with Crippen LogP contribution in [0.1, 0.15) is 49.2 Å². The van der Waals surface area contributed by atoms with Gasteiger partial charge in [0.1, 0.15) is 0 Å². The number of rotatable bonds is 9. The molecule has 0 saturated carbocycles. The molecule has 2 saturated heterocycles. The molecule has 4 heterocycles. The van der Waals surface area contributed by atoms with Crippen LogP contribution in [0.5, 0.6) is 11.5 Å². The molecule has 0 radical (unpaired) electrons. The molecule has 0 spiro atoms. The lowest BCUT2D eigenvalue weighted by Crippen LogP contribution is -2.46. The van der Waals surface area contributed by atoms with Crippen LogP contribution in [0.3, 0.4) is 0 Å². The molecule has 1 aromatic carbocycles. The number of phenolic OH excluding ortho intramolecular Hbond substituents is 1. The van der Waals surface area contributed by atoms with Gasteiger partial charge in [-0.3, -0.25) is 19.5 Å². The number of pyridine rings is 1. The van der Waals surface area contributed by atoms with Gasteiger partial charge in [0.25, 0.3) is 0 Å². The van der Waals surface area contributed by atoms with Crippen LogP contribution in [-0.2, 0) is 20.8 Å². The zero-order valence-corrected chi connectivity index (χ0v) is 28.5. The Hall–Kier alpha value is -3.00. The van der Waals surface area contributed by atoms with Crippen molar-refractivity contribution < 1.29 is 29.1 Å². The highest BCUT2D eigenvalue weighted by Gasteiger charge is 2.57. The number of carbonyl (C=O) groups is 2.